The van der Waals surface area contributed by atoms with Crippen LogP contribution in [0.15, 0.2) is 40.9 Å². The summed E-state index contributed by atoms with van der Waals surface area (Å²) in [6.07, 6.45) is 0. The highest BCUT2D eigenvalue weighted by atomic mass is 32.1. The summed E-state index contributed by atoms with van der Waals surface area (Å²) in [5.74, 6) is 0.433. The molecule has 0 aliphatic carbocycles. The smallest absolute Gasteiger partial charge is 0.258 e. The second-order valence-corrected chi connectivity index (χ2v) is 8.32. The van der Waals surface area contributed by atoms with Gasteiger partial charge in [0.25, 0.3) is 11.8 Å². The molecule has 3 heterocycles. The predicted octanol–water partition coefficient (Wildman–Crippen LogP) is 2.64. The van der Waals surface area contributed by atoms with Gasteiger partial charge in [-0.05, 0) is 37.4 Å². The van der Waals surface area contributed by atoms with Crippen molar-refractivity contribution in [1.82, 2.24) is 15.0 Å². The number of nitrogens with two attached hydrogens (primary N) is 1. The third kappa shape index (κ3) is 4.54. The summed E-state index contributed by atoms with van der Waals surface area (Å²) in [5, 5.41) is 7.16. The third-order valence-corrected chi connectivity index (χ3v) is 6.23. The number of nitrogens with one attached hydrogen (secondary N) is 1. The molecule has 1 fully saturated rings. The van der Waals surface area contributed by atoms with Gasteiger partial charge < -0.3 is 30.1 Å². The summed E-state index contributed by atoms with van der Waals surface area (Å²) in [4.78, 5) is 29.4. The van der Waals surface area contributed by atoms with Gasteiger partial charge in [-0.25, -0.2) is 0 Å². The number of carbonyl (C=O) groups excluding carboxylic acids is 2. The maximum absolute atomic E-state index is 12.8. The SMILES string of the molecule is COc1cc(C(=O)N2CCN(C)CC2)ccc1Nc1cc(-c2ccc(C(N)=O)s2)no1. The van der Waals surface area contributed by atoms with Gasteiger partial charge in [-0.2, -0.15) is 0 Å². The van der Waals surface area contributed by atoms with E-state index in [1.165, 1.54) is 11.3 Å². The van der Waals surface area contributed by atoms with E-state index in [1.807, 2.05) is 4.90 Å². The number of hydrogen-bond acceptors (Lipinski definition) is 8. The fourth-order valence-corrected chi connectivity index (χ4v) is 4.12. The molecule has 31 heavy (non-hydrogen) atoms. The highest BCUT2D eigenvalue weighted by molar-refractivity contribution is 7.17. The third-order valence-electron chi connectivity index (χ3n) is 5.11. The number of carbonyl (C=O) groups is 2. The van der Waals surface area contributed by atoms with E-state index < -0.39 is 5.91 Å². The van der Waals surface area contributed by atoms with Crippen LogP contribution in [0.25, 0.3) is 10.6 Å². The topological polar surface area (TPSA) is 114 Å². The van der Waals surface area contributed by atoms with Crippen LogP contribution in [0.1, 0.15) is 20.0 Å². The van der Waals surface area contributed by atoms with Gasteiger partial charge in [0.1, 0.15) is 11.4 Å². The van der Waals surface area contributed by atoms with Crippen LogP contribution < -0.4 is 15.8 Å². The molecule has 0 unspecified atom stereocenters. The molecule has 4 rings (SSSR count). The molecule has 1 aliphatic heterocycles. The Morgan fingerprint density at radius 2 is 1.94 bits per heavy atom. The molecule has 1 aromatic carbocycles. The molecule has 9 nitrogen and oxygen atoms in total. The first-order valence-electron chi connectivity index (χ1n) is 9.74. The Kier molecular flexibility index (Phi) is 5.92. The lowest BCUT2D eigenvalue weighted by atomic mass is 10.1. The number of hydrogen-bond donors (Lipinski definition) is 2. The Morgan fingerprint density at radius 1 is 1.16 bits per heavy atom. The number of rotatable bonds is 6. The van der Waals surface area contributed by atoms with E-state index in [9.17, 15) is 9.59 Å². The standard InChI is InChI=1S/C21H23N5O4S/c1-25-7-9-26(10-8-25)21(28)13-3-4-14(16(11-13)29-2)23-19-12-15(24-30-19)17-5-6-18(31-17)20(22)27/h3-6,11-12,23H,7-10H2,1-2H3,(H2,22,27). The first-order valence-corrected chi connectivity index (χ1v) is 10.6. The number of ether oxygens (including phenoxy) is 1. The Hall–Kier alpha value is -3.37. The van der Waals surface area contributed by atoms with E-state index in [2.05, 4.69) is 22.4 Å². The number of methoxy groups -OCH3 is 1. The quantitative estimate of drug-likeness (QED) is 0.604. The van der Waals surface area contributed by atoms with Crippen LogP contribution in [0.5, 0.6) is 5.75 Å². The summed E-state index contributed by atoms with van der Waals surface area (Å²) in [6, 6.07) is 10.4. The zero-order valence-electron chi connectivity index (χ0n) is 17.3. The second-order valence-electron chi connectivity index (χ2n) is 7.24. The lowest BCUT2D eigenvalue weighted by Crippen LogP contribution is -2.47. The minimum atomic E-state index is -0.478. The van der Waals surface area contributed by atoms with Crippen molar-refractivity contribution < 1.29 is 18.8 Å². The van der Waals surface area contributed by atoms with Crippen LogP contribution in [0.4, 0.5) is 11.6 Å². The zero-order valence-corrected chi connectivity index (χ0v) is 18.1. The molecule has 1 aliphatic rings. The van der Waals surface area contributed by atoms with Crippen molar-refractivity contribution >= 4 is 34.7 Å². The zero-order chi connectivity index (χ0) is 22.0. The number of benzene rings is 1. The Labute approximate surface area is 183 Å². The average Bonchev–Trinajstić information content (AvgIpc) is 3.44. The fraction of sp³-hybridized carbons (Fsp3) is 0.286. The Morgan fingerprint density at radius 3 is 2.61 bits per heavy atom. The average molecular weight is 442 g/mol. The number of aromatic nitrogens is 1. The molecule has 0 saturated carbocycles. The summed E-state index contributed by atoms with van der Waals surface area (Å²) in [5.41, 5.74) is 7.10. The van der Waals surface area contributed by atoms with E-state index in [-0.39, 0.29) is 5.91 Å². The Balaban J connectivity index is 1.49. The minimum Gasteiger partial charge on any atom is -0.495 e. The molecule has 0 bridgehead atoms. The number of nitrogens with zero attached hydrogens (tertiary/aromatic N) is 3. The number of primary amides is 1. The van der Waals surface area contributed by atoms with Gasteiger partial charge in [0.05, 0.1) is 22.6 Å². The van der Waals surface area contributed by atoms with E-state index in [4.69, 9.17) is 15.0 Å². The lowest BCUT2D eigenvalue weighted by molar-refractivity contribution is 0.0663. The molecular weight excluding hydrogens is 418 g/mol. The van der Waals surface area contributed by atoms with Gasteiger partial charge in [-0.3, -0.25) is 9.59 Å². The molecule has 3 aromatic rings. The van der Waals surface area contributed by atoms with Crippen molar-refractivity contribution in [2.45, 2.75) is 0 Å². The normalized spacial score (nSPS) is 14.5. The first kappa shape index (κ1) is 20.9. The van der Waals surface area contributed by atoms with Crippen molar-refractivity contribution in [2.75, 3.05) is 45.7 Å². The molecule has 1 saturated heterocycles. The molecule has 10 heteroatoms. The van der Waals surface area contributed by atoms with E-state index in [1.54, 1.807) is 43.5 Å². The minimum absolute atomic E-state index is 0.0112. The number of likely N-dealkylation sites (N-methyl/N-ethyl adjacent to an activating group) is 1. The molecular formula is C21H23N5O4S. The fourth-order valence-electron chi connectivity index (χ4n) is 3.31. The van der Waals surface area contributed by atoms with Crippen molar-refractivity contribution in [3.05, 3.63) is 46.8 Å². The first-order chi connectivity index (χ1) is 14.9. The van der Waals surface area contributed by atoms with E-state index in [0.29, 0.717) is 46.5 Å². The van der Waals surface area contributed by atoms with Gasteiger partial charge >= 0.3 is 0 Å². The van der Waals surface area contributed by atoms with Gasteiger partial charge in [-0.15, -0.1) is 11.3 Å². The van der Waals surface area contributed by atoms with Crippen LogP contribution in [-0.4, -0.2) is 67.1 Å². The predicted molar refractivity (Wildman–Crippen MR) is 118 cm³/mol. The summed E-state index contributed by atoms with van der Waals surface area (Å²) in [6.45, 7) is 3.14. The number of piperazine rings is 1. The van der Waals surface area contributed by atoms with Crippen LogP contribution in [0.3, 0.4) is 0 Å². The second kappa shape index (κ2) is 8.78. The number of anilines is 2. The number of thiophene rings is 1. The number of amides is 2. The van der Waals surface area contributed by atoms with Gasteiger partial charge in [0, 0.05) is 37.8 Å². The van der Waals surface area contributed by atoms with E-state index in [0.717, 1.165) is 18.0 Å². The van der Waals surface area contributed by atoms with Crippen LogP contribution >= 0.6 is 11.3 Å². The molecule has 0 radical (unpaired) electrons. The van der Waals surface area contributed by atoms with Crippen LogP contribution in [-0.2, 0) is 0 Å². The van der Waals surface area contributed by atoms with Crippen molar-refractivity contribution in [2.24, 2.45) is 5.73 Å². The van der Waals surface area contributed by atoms with E-state index >= 15 is 0 Å². The van der Waals surface area contributed by atoms with Gasteiger partial charge in [0.15, 0.2) is 0 Å². The highest BCUT2D eigenvalue weighted by Gasteiger charge is 2.21. The monoisotopic (exact) mass is 441 g/mol. The summed E-state index contributed by atoms with van der Waals surface area (Å²) < 4.78 is 10.9. The largest absolute Gasteiger partial charge is 0.495 e. The highest BCUT2D eigenvalue weighted by Crippen LogP contribution is 2.33. The molecule has 0 atom stereocenters. The maximum atomic E-state index is 12.8. The van der Waals surface area contributed by atoms with Crippen LogP contribution in [0.2, 0.25) is 0 Å². The van der Waals surface area contributed by atoms with Crippen molar-refractivity contribution in [3.8, 4) is 16.3 Å². The van der Waals surface area contributed by atoms with Crippen molar-refractivity contribution in [1.29, 1.82) is 0 Å². The van der Waals surface area contributed by atoms with Gasteiger partial charge in [-0.1, -0.05) is 5.16 Å². The van der Waals surface area contributed by atoms with Crippen molar-refractivity contribution in [3.63, 3.8) is 0 Å². The van der Waals surface area contributed by atoms with Gasteiger partial charge in [0.2, 0.25) is 5.88 Å². The molecule has 2 aromatic heterocycles. The molecule has 3 N–H and O–H groups in total. The summed E-state index contributed by atoms with van der Waals surface area (Å²) >= 11 is 1.25. The summed E-state index contributed by atoms with van der Waals surface area (Å²) in [7, 11) is 3.60. The lowest BCUT2D eigenvalue weighted by Gasteiger charge is -2.32. The maximum Gasteiger partial charge on any atom is 0.258 e. The molecule has 0 spiro atoms. The Bertz CT molecular complexity index is 1100. The van der Waals surface area contributed by atoms with Crippen LogP contribution in [0, 0.1) is 0 Å². The molecule has 162 valence electrons. The molecule has 2 amide bonds.